The Labute approximate surface area is 196 Å². The molecule has 10 heteroatoms. The lowest BCUT2D eigenvalue weighted by molar-refractivity contribution is -0.137. The first-order chi connectivity index (χ1) is 16.2. The maximum absolute atomic E-state index is 13.3. The van der Waals surface area contributed by atoms with E-state index in [1.165, 1.54) is 0 Å². The largest absolute Gasteiger partial charge is 0.416 e. The summed E-state index contributed by atoms with van der Waals surface area (Å²) in [6.45, 7) is 7.93. The van der Waals surface area contributed by atoms with Crippen molar-refractivity contribution in [2.24, 2.45) is 5.92 Å². The maximum atomic E-state index is 13.3. The summed E-state index contributed by atoms with van der Waals surface area (Å²) < 4.78 is 47.5. The van der Waals surface area contributed by atoms with Crippen LogP contribution >= 0.6 is 0 Å². The molecule has 2 aliphatic heterocycles. The van der Waals surface area contributed by atoms with Gasteiger partial charge in [0, 0.05) is 55.5 Å². The van der Waals surface area contributed by atoms with Crippen LogP contribution in [0.25, 0.3) is 5.78 Å². The second kappa shape index (κ2) is 8.74. The highest BCUT2D eigenvalue weighted by molar-refractivity contribution is 5.57. The number of imidazole rings is 1. The first kappa shape index (κ1) is 22.9. The van der Waals surface area contributed by atoms with Gasteiger partial charge in [0.15, 0.2) is 0 Å². The van der Waals surface area contributed by atoms with E-state index in [9.17, 15) is 13.2 Å². The van der Waals surface area contributed by atoms with Crippen LogP contribution in [0.5, 0.6) is 0 Å². The molecule has 0 saturated carbocycles. The van der Waals surface area contributed by atoms with Crippen LogP contribution < -0.4 is 11.1 Å². The molecular weight excluding hydrogens is 445 g/mol. The van der Waals surface area contributed by atoms with Gasteiger partial charge in [0.1, 0.15) is 5.82 Å². The number of fused-ring (bicyclic) bond motifs is 3. The van der Waals surface area contributed by atoms with Crippen molar-refractivity contribution in [2.45, 2.75) is 52.0 Å². The van der Waals surface area contributed by atoms with Crippen molar-refractivity contribution in [3.63, 3.8) is 0 Å². The lowest BCUT2D eigenvalue weighted by atomic mass is 10.00. The minimum atomic E-state index is -4.46. The van der Waals surface area contributed by atoms with Crippen molar-refractivity contribution in [2.75, 3.05) is 30.8 Å². The van der Waals surface area contributed by atoms with Crippen LogP contribution in [0, 0.1) is 12.8 Å². The number of nitrogens with two attached hydrogens (primary N) is 1. The van der Waals surface area contributed by atoms with Crippen LogP contribution in [0.2, 0.25) is 0 Å². The normalized spacial score (nSPS) is 18.4. The third kappa shape index (κ3) is 4.44. The van der Waals surface area contributed by atoms with Gasteiger partial charge in [-0.3, -0.25) is 9.30 Å². The zero-order chi connectivity index (χ0) is 24.0. The van der Waals surface area contributed by atoms with Crippen molar-refractivity contribution >= 4 is 17.3 Å². The molecule has 34 heavy (non-hydrogen) atoms. The molecule has 2 aromatic heterocycles. The lowest BCUT2D eigenvalue weighted by Crippen LogP contribution is -2.29. The van der Waals surface area contributed by atoms with Gasteiger partial charge in [0.2, 0.25) is 5.78 Å². The van der Waals surface area contributed by atoms with Gasteiger partial charge in [-0.15, -0.1) is 0 Å². The van der Waals surface area contributed by atoms with E-state index < -0.39 is 17.8 Å². The molecule has 1 fully saturated rings. The molecular formula is C24H29F3N6O. The number of ether oxygens (including phenoxy) is 1. The first-order valence-electron chi connectivity index (χ1n) is 11.6. The molecule has 7 nitrogen and oxygen atoms in total. The third-order valence-electron chi connectivity index (χ3n) is 6.81. The fraction of sp³-hybridized carbons (Fsp3) is 0.500. The highest BCUT2D eigenvalue weighted by Gasteiger charge is 2.32. The molecule has 3 N–H and O–H groups in total. The molecule has 0 amide bonds. The fourth-order valence-corrected chi connectivity index (χ4v) is 5.02. The molecule has 0 spiro atoms. The maximum Gasteiger partial charge on any atom is 0.416 e. The SMILES string of the molecule is Cc1cnc2nc(NC(C)c3cc(N)cc(C(F)(F)F)c3)c3c(n12)CN(CC1CCOCC1)C3. The lowest BCUT2D eigenvalue weighted by Gasteiger charge is -2.26. The van der Waals surface area contributed by atoms with E-state index >= 15 is 0 Å². The van der Waals surface area contributed by atoms with Gasteiger partial charge in [-0.1, -0.05) is 0 Å². The smallest absolute Gasteiger partial charge is 0.399 e. The fourth-order valence-electron chi connectivity index (χ4n) is 5.02. The van der Waals surface area contributed by atoms with Crippen LogP contribution in [-0.4, -0.2) is 39.0 Å². The van der Waals surface area contributed by atoms with Gasteiger partial charge in [0.05, 0.1) is 17.8 Å². The van der Waals surface area contributed by atoms with Crippen molar-refractivity contribution in [1.82, 2.24) is 19.3 Å². The monoisotopic (exact) mass is 474 g/mol. The number of alkyl halides is 3. The molecule has 0 aliphatic carbocycles. The van der Waals surface area contributed by atoms with Gasteiger partial charge < -0.3 is 15.8 Å². The highest BCUT2D eigenvalue weighted by atomic mass is 19.4. The summed E-state index contributed by atoms with van der Waals surface area (Å²) in [6, 6.07) is 3.25. The van der Waals surface area contributed by atoms with E-state index in [0.717, 1.165) is 74.8 Å². The molecule has 0 radical (unpaired) electrons. The second-order valence-electron chi connectivity index (χ2n) is 9.40. The Bertz CT molecular complexity index is 1200. The number of aromatic nitrogens is 3. The van der Waals surface area contributed by atoms with Crippen LogP contribution in [-0.2, 0) is 24.0 Å². The zero-order valence-electron chi connectivity index (χ0n) is 19.3. The predicted molar refractivity (Wildman–Crippen MR) is 123 cm³/mol. The van der Waals surface area contributed by atoms with Crippen LogP contribution in [0.15, 0.2) is 24.4 Å². The summed E-state index contributed by atoms with van der Waals surface area (Å²) in [6.07, 6.45) is -0.543. The van der Waals surface area contributed by atoms with E-state index in [-0.39, 0.29) is 5.69 Å². The molecule has 1 aromatic carbocycles. The van der Waals surface area contributed by atoms with Gasteiger partial charge >= 0.3 is 6.18 Å². The number of rotatable bonds is 5. The predicted octanol–water partition coefficient (Wildman–Crippen LogP) is 4.55. The first-order valence-corrected chi connectivity index (χ1v) is 11.6. The minimum absolute atomic E-state index is 0.0821. The van der Waals surface area contributed by atoms with E-state index in [1.807, 2.05) is 13.8 Å². The van der Waals surface area contributed by atoms with Gasteiger partial charge in [0.25, 0.3) is 0 Å². The Hall–Kier alpha value is -2.85. The van der Waals surface area contributed by atoms with Gasteiger partial charge in [-0.05, 0) is 56.4 Å². The molecule has 1 atom stereocenters. The Balaban J connectivity index is 1.45. The van der Waals surface area contributed by atoms with Crippen LogP contribution in [0.4, 0.5) is 24.7 Å². The Morgan fingerprint density at radius 1 is 1.21 bits per heavy atom. The summed E-state index contributed by atoms with van der Waals surface area (Å²) >= 11 is 0. The highest BCUT2D eigenvalue weighted by Crippen LogP contribution is 2.35. The summed E-state index contributed by atoms with van der Waals surface area (Å²) in [5.74, 6) is 1.84. The second-order valence-corrected chi connectivity index (χ2v) is 9.40. The minimum Gasteiger partial charge on any atom is -0.399 e. The molecule has 5 rings (SSSR count). The van der Waals surface area contributed by atoms with Gasteiger partial charge in [-0.25, -0.2) is 4.98 Å². The zero-order valence-corrected chi connectivity index (χ0v) is 19.3. The number of nitrogen functional groups attached to an aromatic ring is 1. The van der Waals surface area contributed by atoms with Gasteiger partial charge in [-0.2, -0.15) is 18.2 Å². The van der Waals surface area contributed by atoms with E-state index in [1.54, 1.807) is 12.3 Å². The molecule has 4 heterocycles. The molecule has 3 aromatic rings. The molecule has 0 bridgehead atoms. The topological polar surface area (TPSA) is 80.7 Å². The Kier molecular flexibility index (Phi) is 5.89. The average molecular weight is 475 g/mol. The quantitative estimate of drug-likeness (QED) is 0.528. The number of benzene rings is 1. The summed E-state index contributed by atoms with van der Waals surface area (Å²) in [5.41, 5.74) is 8.78. The van der Waals surface area contributed by atoms with E-state index in [2.05, 4.69) is 19.6 Å². The standard InChI is InChI=1S/C24H29F3N6O/c1-14-10-29-23-31-22(30-15(2)17-7-18(24(25,26)27)9-19(28)8-17)20-12-32(13-21(20)33(14)23)11-16-3-5-34-6-4-16/h7-10,15-16H,3-6,11-13,28H2,1-2H3,(H,29,30,31). The molecule has 182 valence electrons. The number of hydrogen-bond donors (Lipinski definition) is 2. The number of nitrogens with zero attached hydrogens (tertiary/aromatic N) is 4. The molecule has 1 unspecified atom stereocenters. The number of aryl methyl sites for hydroxylation is 1. The van der Waals surface area contributed by atoms with Crippen LogP contribution in [0.1, 0.15) is 53.9 Å². The number of hydrogen-bond acceptors (Lipinski definition) is 6. The Morgan fingerprint density at radius 2 is 1.97 bits per heavy atom. The Morgan fingerprint density at radius 3 is 2.71 bits per heavy atom. The summed E-state index contributed by atoms with van der Waals surface area (Å²) in [4.78, 5) is 11.6. The van der Waals surface area contributed by atoms with Crippen LogP contribution in [0.3, 0.4) is 0 Å². The summed E-state index contributed by atoms with van der Waals surface area (Å²) in [7, 11) is 0. The third-order valence-corrected chi connectivity index (χ3v) is 6.81. The van der Waals surface area contributed by atoms with Crippen molar-refractivity contribution in [1.29, 1.82) is 0 Å². The number of anilines is 2. The van der Waals surface area contributed by atoms with Crippen molar-refractivity contribution < 1.29 is 17.9 Å². The van der Waals surface area contributed by atoms with E-state index in [4.69, 9.17) is 15.5 Å². The van der Waals surface area contributed by atoms with E-state index in [0.29, 0.717) is 23.1 Å². The molecule has 2 aliphatic rings. The van der Waals surface area contributed by atoms with Crippen molar-refractivity contribution in [3.8, 4) is 0 Å². The van der Waals surface area contributed by atoms with Crippen molar-refractivity contribution in [3.05, 3.63) is 52.5 Å². The number of halogens is 3. The number of nitrogens with one attached hydrogen (secondary N) is 1. The average Bonchev–Trinajstić information content (AvgIpc) is 3.36. The molecule has 1 saturated heterocycles. The summed E-state index contributed by atoms with van der Waals surface area (Å²) in [5, 5.41) is 3.36.